The first-order valence-corrected chi connectivity index (χ1v) is 7.11. The van der Waals surface area contributed by atoms with E-state index >= 15 is 0 Å². The van der Waals surface area contributed by atoms with Crippen LogP contribution in [-0.2, 0) is 0 Å². The molecule has 0 unspecified atom stereocenters. The Labute approximate surface area is 121 Å². The first-order valence-electron chi connectivity index (χ1n) is 7.11. The van der Waals surface area contributed by atoms with E-state index in [1.807, 2.05) is 12.1 Å². The fraction of sp³-hybridized carbons (Fsp3) is 0.471. The minimum absolute atomic E-state index is 0.0383. The van der Waals surface area contributed by atoms with Gasteiger partial charge in [-0.2, -0.15) is 0 Å². The van der Waals surface area contributed by atoms with Gasteiger partial charge in [-0.25, -0.2) is 0 Å². The summed E-state index contributed by atoms with van der Waals surface area (Å²) in [5.41, 5.74) is 1.51. The number of hydrogen-bond donors (Lipinski definition) is 2. The van der Waals surface area contributed by atoms with Crippen LogP contribution in [0.4, 0.5) is 0 Å². The molecule has 1 aromatic carbocycles. The standard InChI is InChI=1S/C17H23NO2/c1-14(2)6-5-12-18-17(20)16-10-8-15(9-11-16)7-3-4-13-19/h8-11,14,19H,4-6,12-13H2,1-2H3,(H,18,20). The molecular weight excluding hydrogens is 250 g/mol. The minimum Gasteiger partial charge on any atom is -0.395 e. The molecule has 0 radical (unpaired) electrons. The van der Waals surface area contributed by atoms with Crippen LogP contribution < -0.4 is 5.32 Å². The number of benzene rings is 1. The van der Waals surface area contributed by atoms with Crippen molar-refractivity contribution in [2.75, 3.05) is 13.2 Å². The highest BCUT2D eigenvalue weighted by Crippen LogP contribution is 2.05. The van der Waals surface area contributed by atoms with Crippen molar-refractivity contribution in [3.63, 3.8) is 0 Å². The van der Waals surface area contributed by atoms with Crippen molar-refractivity contribution in [1.29, 1.82) is 0 Å². The van der Waals surface area contributed by atoms with Crippen LogP contribution in [0.1, 0.15) is 49.0 Å². The molecule has 2 N–H and O–H groups in total. The fourth-order valence-electron chi connectivity index (χ4n) is 1.74. The Morgan fingerprint density at radius 3 is 2.60 bits per heavy atom. The lowest BCUT2D eigenvalue weighted by Gasteiger charge is -2.07. The lowest BCUT2D eigenvalue weighted by Crippen LogP contribution is -2.24. The molecule has 1 amide bonds. The number of amides is 1. The molecule has 0 spiro atoms. The third-order valence-corrected chi connectivity index (χ3v) is 2.86. The molecule has 0 aromatic heterocycles. The summed E-state index contributed by atoms with van der Waals surface area (Å²) in [6.07, 6.45) is 2.60. The molecule has 0 fully saturated rings. The first-order chi connectivity index (χ1) is 9.63. The van der Waals surface area contributed by atoms with Gasteiger partial charge >= 0.3 is 0 Å². The fourth-order valence-corrected chi connectivity index (χ4v) is 1.74. The zero-order valence-electron chi connectivity index (χ0n) is 12.3. The average molecular weight is 273 g/mol. The van der Waals surface area contributed by atoms with E-state index in [1.165, 1.54) is 0 Å². The van der Waals surface area contributed by atoms with E-state index < -0.39 is 0 Å². The zero-order valence-corrected chi connectivity index (χ0v) is 12.3. The van der Waals surface area contributed by atoms with Crippen LogP contribution in [-0.4, -0.2) is 24.2 Å². The zero-order chi connectivity index (χ0) is 14.8. The van der Waals surface area contributed by atoms with Gasteiger partial charge in [0.05, 0.1) is 6.61 Å². The Balaban J connectivity index is 2.43. The molecule has 1 aromatic rings. The Morgan fingerprint density at radius 1 is 1.30 bits per heavy atom. The van der Waals surface area contributed by atoms with Crippen LogP contribution in [0.15, 0.2) is 24.3 Å². The highest BCUT2D eigenvalue weighted by Gasteiger charge is 2.04. The molecular formula is C17H23NO2. The summed E-state index contributed by atoms with van der Waals surface area (Å²) in [4.78, 5) is 11.9. The summed E-state index contributed by atoms with van der Waals surface area (Å²) >= 11 is 0. The Morgan fingerprint density at radius 2 is 2.00 bits per heavy atom. The van der Waals surface area contributed by atoms with Crippen LogP contribution in [0.5, 0.6) is 0 Å². The quantitative estimate of drug-likeness (QED) is 0.618. The highest BCUT2D eigenvalue weighted by molar-refractivity contribution is 5.94. The number of nitrogens with one attached hydrogen (secondary N) is 1. The van der Waals surface area contributed by atoms with Gasteiger partial charge < -0.3 is 10.4 Å². The second kappa shape index (κ2) is 9.17. The van der Waals surface area contributed by atoms with E-state index in [4.69, 9.17) is 5.11 Å². The van der Waals surface area contributed by atoms with Crippen molar-refractivity contribution in [2.24, 2.45) is 5.92 Å². The summed E-state index contributed by atoms with van der Waals surface area (Å²) in [6.45, 7) is 5.15. The van der Waals surface area contributed by atoms with Gasteiger partial charge in [-0.05, 0) is 43.0 Å². The predicted octanol–water partition coefficient (Wildman–Crippen LogP) is 2.59. The molecule has 0 bridgehead atoms. The molecule has 0 heterocycles. The van der Waals surface area contributed by atoms with Crippen molar-refractivity contribution in [3.8, 4) is 11.8 Å². The molecule has 0 aliphatic heterocycles. The lowest BCUT2D eigenvalue weighted by atomic mass is 10.1. The summed E-state index contributed by atoms with van der Waals surface area (Å²) < 4.78 is 0. The van der Waals surface area contributed by atoms with E-state index in [2.05, 4.69) is 31.0 Å². The van der Waals surface area contributed by atoms with Gasteiger partial charge in [-0.3, -0.25) is 4.79 Å². The Bertz CT molecular complexity index is 466. The summed E-state index contributed by atoms with van der Waals surface area (Å²) in [5, 5.41) is 11.6. The molecule has 3 nitrogen and oxygen atoms in total. The van der Waals surface area contributed by atoms with Crippen LogP contribution in [0, 0.1) is 17.8 Å². The molecule has 0 saturated carbocycles. The predicted molar refractivity (Wildman–Crippen MR) is 81.4 cm³/mol. The van der Waals surface area contributed by atoms with Gasteiger partial charge in [0.25, 0.3) is 5.91 Å². The topological polar surface area (TPSA) is 49.3 Å². The highest BCUT2D eigenvalue weighted by atomic mass is 16.2. The van der Waals surface area contributed by atoms with E-state index in [0.29, 0.717) is 17.9 Å². The van der Waals surface area contributed by atoms with Gasteiger partial charge in [0.2, 0.25) is 0 Å². The number of carbonyl (C=O) groups is 1. The van der Waals surface area contributed by atoms with Crippen molar-refractivity contribution < 1.29 is 9.90 Å². The lowest BCUT2D eigenvalue weighted by molar-refractivity contribution is 0.0952. The molecule has 0 atom stereocenters. The van der Waals surface area contributed by atoms with Gasteiger partial charge in [-0.15, -0.1) is 0 Å². The summed E-state index contributed by atoms with van der Waals surface area (Å²) in [5.74, 6) is 6.42. The molecule has 0 aliphatic rings. The number of carbonyl (C=O) groups excluding carboxylic acids is 1. The van der Waals surface area contributed by atoms with E-state index in [0.717, 1.165) is 24.9 Å². The van der Waals surface area contributed by atoms with E-state index in [1.54, 1.807) is 12.1 Å². The maximum atomic E-state index is 11.9. The van der Waals surface area contributed by atoms with E-state index in [-0.39, 0.29) is 12.5 Å². The summed E-state index contributed by atoms with van der Waals surface area (Å²) in [6, 6.07) is 7.21. The second-order valence-electron chi connectivity index (χ2n) is 5.14. The van der Waals surface area contributed by atoms with Crippen LogP contribution >= 0.6 is 0 Å². The number of aliphatic hydroxyl groups excluding tert-OH is 1. The van der Waals surface area contributed by atoms with Crippen molar-refractivity contribution in [3.05, 3.63) is 35.4 Å². The molecule has 0 aliphatic carbocycles. The van der Waals surface area contributed by atoms with Gasteiger partial charge in [-0.1, -0.05) is 25.7 Å². The largest absolute Gasteiger partial charge is 0.395 e. The first kappa shape index (κ1) is 16.3. The maximum Gasteiger partial charge on any atom is 0.251 e. The SMILES string of the molecule is CC(C)CCCNC(=O)c1ccc(C#CCCO)cc1. The molecule has 0 saturated heterocycles. The third kappa shape index (κ3) is 6.40. The average Bonchev–Trinajstić information content (AvgIpc) is 2.44. The normalized spacial score (nSPS) is 10.0. The maximum absolute atomic E-state index is 11.9. The van der Waals surface area contributed by atoms with Gasteiger partial charge in [0, 0.05) is 24.1 Å². The Kier molecular flexibility index (Phi) is 7.46. The summed E-state index contributed by atoms with van der Waals surface area (Å²) in [7, 11) is 0. The van der Waals surface area contributed by atoms with Gasteiger partial charge in [0.15, 0.2) is 0 Å². The number of aliphatic hydroxyl groups is 1. The van der Waals surface area contributed by atoms with Gasteiger partial charge in [0.1, 0.15) is 0 Å². The number of hydrogen-bond acceptors (Lipinski definition) is 2. The minimum atomic E-state index is -0.0383. The monoisotopic (exact) mass is 273 g/mol. The van der Waals surface area contributed by atoms with Crippen LogP contribution in [0.2, 0.25) is 0 Å². The van der Waals surface area contributed by atoms with Crippen molar-refractivity contribution in [2.45, 2.75) is 33.1 Å². The second-order valence-corrected chi connectivity index (χ2v) is 5.14. The molecule has 3 heteroatoms. The third-order valence-electron chi connectivity index (χ3n) is 2.86. The number of rotatable bonds is 6. The van der Waals surface area contributed by atoms with Crippen molar-refractivity contribution >= 4 is 5.91 Å². The van der Waals surface area contributed by atoms with Crippen LogP contribution in [0.3, 0.4) is 0 Å². The van der Waals surface area contributed by atoms with E-state index in [9.17, 15) is 4.79 Å². The molecule has 20 heavy (non-hydrogen) atoms. The van der Waals surface area contributed by atoms with Crippen LogP contribution in [0.25, 0.3) is 0 Å². The molecule has 1 rings (SSSR count). The molecule has 108 valence electrons. The smallest absolute Gasteiger partial charge is 0.251 e. The Hall–Kier alpha value is -1.79. The van der Waals surface area contributed by atoms with Crippen molar-refractivity contribution in [1.82, 2.24) is 5.32 Å².